The number of carbonyl (C=O) groups is 1. The van der Waals surface area contributed by atoms with E-state index in [9.17, 15) is 9.59 Å². The Morgan fingerprint density at radius 2 is 2.25 bits per heavy atom. The molecule has 0 bridgehead atoms. The molecule has 1 rings (SSSR count). The largest absolute Gasteiger partial charge is 0.472 e. The summed E-state index contributed by atoms with van der Waals surface area (Å²) in [5.41, 5.74) is -0.00270. The van der Waals surface area contributed by atoms with Gasteiger partial charge in [-0.2, -0.15) is 0 Å². The van der Waals surface area contributed by atoms with Crippen LogP contribution in [0.25, 0.3) is 0 Å². The van der Waals surface area contributed by atoms with Gasteiger partial charge in [0.2, 0.25) is 5.56 Å². The van der Waals surface area contributed by atoms with Crippen molar-refractivity contribution in [3.8, 4) is 11.8 Å². The van der Waals surface area contributed by atoms with Gasteiger partial charge in [0.05, 0.1) is 5.69 Å². The SMILES string of the molecule is O=C(O)C#Cc1cccc(=O)[nH]1. The fourth-order valence-corrected chi connectivity index (χ4v) is 0.642. The van der Waals surface area contributed by atoms with Crippen LogP contribution in [0.3, 0.4) is 0 Å². The zero-order chi connectivity index (χ0) is 8.97. The first-order valence-electron chi connectivity index (χ1n) is 3.13. The number of aromatic amines is 1. The number of nitrogens with one attached hydrogen (secondary N) is 1. The van der Waals surface area contributed by atoms with Crippen LogP contribution in [0.2, 0.25) is 0 Å². The maximum atomic E-state index is 10.7. The molecule has 0 unspecified atom stereocenters. The summed E-state index contributed by atoms with van der Waals surface area (Å²) in [5, 5.41) is 8.18. The molecule has 0 aliphatic rings. The molecule has 1 aromatic rings. The van der Waals surface area contributed by atoms with Crippen molar-refractivity contribution >= 4 is 5.97 Å². The van der Waals surface area contributed by atoms with Gasteiger partial charge in [0.15, 0.2) is 0 Å². The average molecular weight is 163 g/mol. The van der Waals surface area contributed by atoms with Crippen molar-refractivity contribution in [2.75, 3.05) is 0 Å². The second kappa shape index (κ2) is 3.39. The van der Waals surface area contributed by atoms with Crippen molar-refractivity contribution in [3.05, 3.63) is 34.2 Å². The minimum absolute atomic E-state index is 0.296. The molecule has 0 amide bonds. The molecule has 4 nitrogen and oxygen atoms in total. The number of carboxylic acid groups (broad SMARTS) is 1. The Morgan fingerprint density at radius 1 is 1.50 bits per heavy atom. The van der Waals surface area contributed by atoms with E-state index in [-0.39, 0.29) is 5.56 Å². The quantitative estimate of drug-likeness (QED) is 0.521. The van der Waals surface area contributed by atoms with Gasteiger partial charge < -0.3 is 10.1 Å². The van der Waals surface area contributed by atoms with Crippen molar-refractivity contribution in [1.82, 2.24) is 4.98 Å². The molecule has 4 heteroatoms. The highest BCUT2D eigenvalue weighted by molar-refractivity contribution is 5.87. The maximum absolute atomic E-state index is 10.7. The molecule has 0 spiro atoms. The van der Waals surface area contributed by atoms with Crippen molar-refractivity contribution in [2.45, 2.75) is 0 Å². The molecule has 60 valence electrons. The molecule has 0 aromatic carbocycles. The molecule has 0 saturated heterocycles. The lowest BCUT2D eigenvalue weighted by atomic mass is 10.3. The standard InChI is InChI=1S/C8H5NO3/c10-7-3-1-2-6(9-7)4-5-8(11)12/h1-3H,(H,9,10)(H,11,12). The molecule has 0 aliphatic carbocycles. The van der Waals surface area contributed by atoms with Crippen molar-refractivity contribution in [2.24, 2.45) is 0 Å². The molecule has 0 aliphatic heterocycles. The number of hydrogen-bond acceptors (Lipinski definition) is 2. The van der Waals surface area contributed by atoms with E-state index < -0.39 is 5.97 Å². The van der Waals surface area contributed by atoms with Crippen molar-refractivity contribution in [1.29, 1.82) is 0 Å². The van der Waals surface area contributed by atoms with Crippen LogP contribution in [-0.4, -0.2) is 16.1 Å². The first-order valence-corrected chi connectivity index (χ1v) is 3.13. The molecular weight excluding hydrogens is 158 g/mol. The average Bonchev–Trinajstić information content (AvgIpc) is 2.01. The Labute approximate surface area is 67.9 Å². The van der Waals surface area contributed by atoms with Crippen LogP contribution in [0.15, 0.2) is 23.0 Å². The third-order valence-electron chi connectivity index (χ3n) is 1.07. The summed E-state index contributed by atoms with van der Waals surface area (Å²) in [4.78, 5) is 23.0. The molecule has 0 radical (unpaired) electrons. The summed E-state index contributed by atoms with van der Waals surface area (Å²) >= 11 is 0. The molecular formula is C8H5NO3. The van der Waals surface area contributed by atoms with Crippen LogP contribution in [-0.2, 0) is 4.79 Å². The number of pyridine rings is 1. The van der Waals surface area contributed by atoms with Crippen molar-refractivity contribution < 1.29 is 9.90 Å². The Kier molecular flexibility index (Phi) is 2.29. The number of H-pyrrole nitrogens is 1. The molecule has 1 heterocycles. The van der Waals surface area contributed by atoms with E-state index in [0.717, 1.165) is 0 Å². The highest BCUT2D eigenvalue weighted by Crippen LogP contribution is 1.84. The van der Waals surface area contributed by atoms with Gasteiger partial charge in [0.25, 0.3) is 0 Å². The summed E-state index contributed by atoms with van der Waals surface area (Å²) in [6.45, 7) is 0. The van der Waals surface area contributed by atoms with Gasteiger partial charge in [-0.3, -0.25) is 4.79 Å². The first-order chi connectivity index (χ1) is 5.68. The Balaban J connectivity index is 3.00. The molecule has 0 atom stereocenters. The lowest BCUT2D eigenvalue weighted by Crippen LogP contribution is -2.04. The third-order valence-corrected chi connectivity index (χ3v) is 1.07. The van der Waals surface area contributed by atoms with Gasteiger partial charge in [-0.25, -0.2) is 4.79 Å². The van der Waals surface area contributed by atoms with E-state index in [1.54, 1.807) is 0 Å². The summed E-state index contributed by atoms with van der Waals surface area (Å²) in [6, 6.07) is 4.36. The van der Waals surface area contributed by atoms with Crippen LogP contribution in [0, 0.1) is 11.8 Å². The van der Waals surface area contributed by atoms with E-state index >= 15 is 0 Å². The Morgan fingerprint density at radius 3 is 2.83 bits per heavy atom. The summed E-state index contributed by atoms with van der Waals surface area (Å²) in [7, 11) is 0. The highest BCUT2D eigenvalue weighted by Gasteiger charge is 1.87. The molecule has 1 aromatic heterocycles. The molecule has 0 saturated carbocycles. The maximum Gasteiger partial charge on any atom is 0.382 e. The second-order valence-corrected chi connectivity index (χ2v) is 1.98. The number of hydrogen-bond donors (Lipinski definition) is 2. The van der Waals surface area contributed by atoms with Gasteiger partial charge in [-0.1, -0.05) is 6.07 Å². The van der Waals surface area contributed by atoms with Gasteiger partial charge in [-0.05, 0) is 12.0 Å². The van der Waals surface area contributed by atoms with Crippen LogP contribution in [0.4, 0.5) is 0 Å². The van der Waals surface area contributed by atoms with E-state index in [2.05, 4.69) is 10.9 Å². The minimum atomic E-state index is -1.22. The van der Waals surface area contributed by atoms with Crippen LogP contribution >= 0.6 is 0 Å². The Bertz CT molecular complexity index is 408. The van der Waals surface area contributed by atoms with Gasteiger partial charge in [-0.15, -0.1) is 0 Å². The zero-order valence-electron chi connectivity index (χ0n) is 6.00. The van der Waals surface area contributed by atoms with Crippen LogP contribution in [0.5, 0.6) is 0 Å². The van der Waals surface area contributed by atoms with Gasteiger partial charge in [0.1, 0.15) is 0 Å². The predicted molar refractivity (Wildman–Crippen MR) is 41.6 cm³/mol. The monoisotopic (exact) mass is 163 g/mol. The lowest BCUT2D eigenvalue weighted by Gasteiger charge is -1.85. The summed E-state index contributed by atoms with van der Waals surface area (Å²) < 4.78 is 0. The normalized spacial score (nSPS) is 8.33. The zero-order valence-corrected chi connectivity index (χ0v) is 6.00. The fraction of sp³-hybridized carbons (Fsp3) is 0. The Hall–Kier alpha value is -2.02. The summed E-state index contributed by atoms with van der Waals surface area (Å²) in [6.07, 6.45) is 0. The third kappa shape index (κ3) is 2.31. The van der Waals surface area contributed by atoms with E-state index in [1.165, 1.54) is 18.2 Å². The number of aliphatic carboxylic acids is 1. The van der Waals surface area contributed by atoms with Crippen LogP contribution < -0.4 is 5.56 Å². The number of aromatic nitrogens is 1. The van der Waals surface area contributed by atoms with Crippen LogP contribution in [0.1, 0.15) is 5.69 Å². The smallest absolute Gasteiger partial charge is 0.382 e. The second-order valence-electron chi connectivity index (χ2n) is 1.98. The minimum Gasteiger partial charge on any atom is -0.472 e. The topological polar surface area (TPSA) is 70.2 Å². The molecule has 2 N–H and O–H groups in total. The molecule has 12 heavy (non-hydrogen) atoms. The lowest BCUT2D eigenvalue weighted by molar-refractivity contribution is -0.130. The van der Waals surface area contributed by atoms with Gasteiger partial charge >= 0.3 is 5.97 Å². The predicted octanol–water partition coefficient (Wildman–Crippen LogP) is -0.189. The number of carboxylic acids is 1. The van der Waals surface area contributed by atoms with E-state index in [0.29, 0.717) is 5.69 Å². The first kappa shape index (κ1) is 8.08. The van der Waals surface area contributed by atoms with Crippen molar-refractivity contribution in [3.63, 3.8) is 0 Å². The highest BCUT2D eigenvalue weighted by atomic mass is 16.4. The van der Waals surface area contributed by atoms with E-state index in [4.69, 9.17) is 5.11 Å². The summed E-state index contributed by atoms with van der Waals surface area (Å²) in [5.74, 6) is 2.94. The van der Waals surface area contributed by atoms with Gasteiger partial charge in [0, 0.05) is 12.0 Å². The molecule has 0 fully saturated rings. The fourth-order valence-electron chi connectivity index (χ4n) is 0.642. The van der Waals surface area contributed by atoms with E-state index in [1.807, 2.05) is 5.92 Å². The number of rotatable bonds is 0.